The standard InChI is InChI=1S/C11H11NO2/c1-8-6-7-11(12(13)14)10-5-3-2-4-9(8)10/h4-7H,2-3H2,1H3. The molecule has 1 aromatic carbocycles. The molecule has 0 bridgehead atoms. The largest absolute Gasteiger partial charge is 0.276 e. The van der Waals surface area contributed by atoms with Crippen LogP contribution in [0.4, 0.5) is 5.69 Å². The summed E-state index contributed by atoms with van der Waals surface area (Å²) in [6.07, 6.45) is 5.92. The summed E-state index contributed by atoms with van der Waals surface area (Å²) < 4.78 is 0. The van der Waals surface area contributed by atoms with Gasteiger partial charge in [0.15, 0.2) is 0 Å². The normalized spacial score (nSPS) is 13.8. The zero-order chi connectivity index (χ0) is 10.1. The molecule has 0 radical (unpaired) electrons. The van der Waals surface area contributed by atoms with Gasteiger partial charge in [0.05, 0.1) is 10.1 Å². The van der Waals surface area contributed by atoms with Crippen LogP contribution in [0, 0.1) is 17.0 Å². The van der Waals surface area contributed by atoms with E-state index in [1.807, 2.05) is 19.1 Å². The molecular weight excluding hydrogens is 178 g/mol. The van der Waals surface area contributed by atoms with Crippen LogP contribution >= 0.6 is 0 Å². The average molecular weight is 189 g/mol. The molecule has 0 heterocycles. The molecule has 14 heavy (non-hydrogen) atoms. The van der Waals surface area contributed by atoms with Crippen molar-refractivity contribution in [3.63, 3.8) is 0 Å². The molecular formula is C11H11NO2. The molecule has 0 unspecified atom stereocenters. The highest BCUT2D eigenvalue weighted by atomic mass is 16.6. The highest BCUT2D eigenvalue weighted by Crippen LogP contribution is 2.06. The summed E-state index contributed by atoms with van der Waals surface area (Å²) in [6, 6.07) is 3.40. The predicted molar refractivity (Wildman–Crippen MR) is 55.2 cm³/mol. The minimum absolute atomic E-state index is 0.224. The smallest absolute Gasteiger partial charge is 0.258 e. The Morgan fingerprint density at radius 2 is 1.86 bits per heavy atom. The quantitative estimate of drug-likeness (QED) is 0.493. The number of rotatable bonds is 1. The van der Waals surface area contributed by atoms with Crippen molar-refractivity contribution in [3.05, 3.63) is 38.2 Å². The van der Waals surface area contributed by atoms with Crippen LogP contribution in [0.1, 0.15) is 18.4 Å². The Hall–Kier alpha value is -1.64. The summed E-state index contributed by atoms with van der Waals surface area (Å²) in [6.45, 7) is 1.98. The van der Waals surface area contributed by atoms with Gasteiger partial charge in [-0.25, -0.2) is 0 Å². The molecule has 1 aliphatic carbocycles. The van der Waals surface area contributed by atoms with Crippen molar-refractivity contribution in [1.29, 1.82) is 0 Å². The minimum Gasteiger partial charge on any atom is -0.258 e. The topological polar surface area (TPSA) is 43.1 Å². The fourth-order valence-corrected chi connectivity index (χ4v) is 1.83. The SMILES string of the molecule is Cc1ccc([N+](=O)[O-])c2c1=CCCC=2. The molecule has 3 nitrogen and oxygen atoms in total. The summed E-state index contributed by atoms with van der Waals surface area (Å²) in [5.41, 5.74) is 1.34. The van der Waals surface area contributed by atoms with Crippen molar-refractivity contribution < 1.29 is 4.92 Å². The number of nitro benzene ring substituents is 1. The molecule has 0 spiro atoms. The van der Waals surface area contributed by atoms with E-state index in [1.54, 1.807) is 6.07 Å². The van der Waals surface area contributed by atoms with Crippen molar-refractivity contribution in [1.82, 2.24) is 0 Å². The van der Waals surface area contributed by atoms with E-state index in [9.17, 15) is 10.1 Å². The van der Waals surface area contributed by atoms with Gasteiger partial charge >= 0.3 is 0 Å². The van der Waals surface area contributed by atoms with Gasteiger partial charge in [-0.15, -0.1) is 0 Å². The van der Waals surface area contributed by atoms with Crippen LogP contribution in [-0.4, -0.2) is 4.92 Å². The van der Waals surface area contributed by atoms with E-state index in [4.69, 9.17) is 0 Å². The zero-order valence-electron chi connectivity index (χ0n) is 7.99. The maximum Gasteiger partial charge on any atom is 0.276 e. The van der Waals surface area contributed by atoms with E-state index in [0.717, 1.165) is 28.8 Å². The second kappa shape index (κ2) is 3.25. The van der Waals surface area contributed by atoms with Gasteiger partial charge in [0.25, 0.3) is 5.69 Å². The van der Waals surface area contributed by atoms with Crippen molar-refractivity contribution in [2.24, 2.45) is 0 Å². The first kappa shape index (κ1) is 8.94. The van der Waals surface area contributed by atoms with Crippen molar-refractivity contribution in [3.8, 4) is 0 Å². The van der Waals surface area contributed by atoms with E-state index in [-0.39, 0.29) is 10.6 Å². The summed E-state index contributed by atoms with van der Waals surface area (Å²) in [5.74, 6) is 0. The second-order valence-corrected chi connectivity index (χ2v) is 3.47. The lowest BCUT2D eigenvalue weighted by molar-refractivity contribution is -0.386. The second-order valence-electron chi connectivity index (χ2n) is 3.47. The van der Waals surface area contributed by atoms with Crippen LogP contribution in [-0.2, 0) is 0 Å². The minimum atomic E-state index is -0.312. The van der Waals surface area contributed by atoms with E-state index >= 15 is 0 Å². The van der Waals surface area contributed by atoms with E-state index in [1.165, 1.54) is 0 Å². The first-order chi connectivity index (χ1) is 6.70. The van der Waals surface area contributed by atoms with Gasteiger partial charge < -0.3 is 0 Å². The van der Waals surface area contributed by atoms with Crippen LogP contribution in [0.25, 0.3) is 12.2 Å². The van der Waals surface area contributed by atoms with Gasteiger partial charge in [-0.3, -0.25) is 10.1 Å². The molecule has 0 amide bonds. The van der Waals surface area contributed by atoms with Gasteiger partial charge in [0.1, 0.15) is 0 Å². The molecule has 72 valence electrons. The van der Waals surface area contributed by atoms with Crippen molar-refractivity contribution in [2.75, 3.05) is 0 Å². The third kappa shape index (κ3) is 1.31. The van der Waals surface area contributed by atoms with Crippen LogP contribution in [0.3, 0.4) is 0 Å². The number of fused-ring (bicyclic) bond motifs is 1. The zero-order valence-corrected chi connectivity index (χ0v) is 7.99. The Morgan fingerprint density at radius 1 is 1.21 bits per heavy atom. The molecule has 1 aromatic rings. The van der Waals surface area contributed by atoms with Gasteiger partial charge in [-0.05, 0) is 30.5 Å². The lowest BCUT2D eigenvalue weighted by Crippen LogP contribution is -2.31. The Kier molecular flexibility index (Phi) is 2.08. The van der Waals surface area contributed by atoms with Crippen molar-refractivity contribution in [2.45, 2.75) is 19.8 Å². The maximum absolute atomic E-state index is 10.8. The molecule has 0 saturated carbocycles. The van der Waals surface area contributed by atoms with E-state index < -0.39 is 0 Å². The number of nitro groups is 1. The lowest BCUT2D eigenvalue weighted by atomic mass is 10.0. The molecule has 0 N–H and O–H groups in total. The summed E-state index contributed by atoms with van der Waals surface area (Å²) >= 11 is 0. The predicted octanol–water partition coefficient (Wildman–Crippen LogP) is 1.26. The Morgan fingerprint density at radius 3 is 2.50 bits per heavy atom. The number of benzene rings is 1. The maximum atomic E-state index is 10.8. The molecule has 0 aromatic heterocycles. The number of nitrogens with zero attached hydrogens (tertiary/aromatic N) is 1. The molecule has 1 aliphatic rings. The fourth-order valence-electron chi connectivity index (χ4n) is 1.83. The summed E-state index contributed by atoms with van der Waals surface area (Å²) in [4.78, 5) is 10.4. The van der Waals surface area contributed by atoms with Crippen LogP contribution in [0.5, 0.6) is 0 Å². The Balaban J connectivity index is 2.87. The summed E-state index contributed by atoms with van der Waals surface area (Å²) in [5, 5.41) is 12.6. The van der Waals surface area contributed by atoms with Gasteiger partial charge in [-0.1, -0.05) is 18.2 Å². The van der Waals surface area contributed by atoms with Gasteiger partial charge in [-0.2, -0.15) is 0 Å². The average Bonchev–Trinajstić information content (AvgIpc) is 2.18. The third-order valence-corrected chi connectivity index (χ3v) is 2.54. The number of hydrogen-bond donors (Lipinski definition) is 0. The number of aryl methyl sites for hydroxylation is 1. The number of non-ortho nitro benzene ring substituents is 1. The first-order valence-electron chi connectivity index (χ1n) is 4.64. The molecule has 0 aliphatic heterocycles. The van der Waals surface area contributed by atoms with Crippen LogP contribution in [0.2, 0.25) is 0 Å². The van der Waals surface area contributed by atoms with Gasteiger partial charge in [0, 0.05) is 6.07 Å². The van der Waals surface area contributed by atoms with Gasteiger partial charge in [0.2, 0.25) is 0 Å². The molecule has 3 heteroatoms. The Bertz CT molecular complexity index is 503. The molecule has 0 atom stereocenters. The molecule has 2 rings (SSSR count). The Labute approximate surface area is 81.5 Å². The van der Waals surface area contributed by atoms with Crippen molar-refractivity contribution >= 4 is 17.8 Å². The highest BCUT2D eigenvalue weighted by Gasteiger charge is 2.10. The molecule has 0 fully saturated rings. The monoisotopic (exact) mass is 189 g/mol. The number of hydrogen-bond acceptors (Lipinski definition) is 2. The van der Waals surface area contributed by atoms with Crippen LogP contribution < -0.4 is 10.4 Å². The van der Waals surface area contributed by atoms with E-state index in [2.05, 4.69) is 6.08 Å². The first-order valence-corrected chi connectivity index (χ1v) is 4.64. The van der Waals surface area contributed by atoms with Crippen LogP contribution in [0.15, 0.2) is 12.1 Å². The summed E-state index contributed by atoms with van der Waals surface area (Å²) in [7, 11) is 0. The fraction of sp³-hybridized carbons (Fsp3) is 0.273. The molecule has 0 saturated heterocycles. The van der Waals surface area contributed by atoms with E-state index in [0.29, 0.717) is 0 Å². The highest BCUT2D eigenvalue weighted by molar-refractivity contribution is 5.49. The lowest BCUT2D eigenvalue weighted by Gasteiger charge is -2.03. The third-order valence-electron chi connectivity index (χ3n) is 2.54.